The molecule has 1 atom stereocenters. The van der Waals surface area contributed by atoms with Gasteiger partial charge < -0.3 is 10.1 Å². The van der Waals surface area contributed by atoms with Crippen LogP contribution in [0.3, 0.4) is 0 Å². The van der Waals surface area contributed by atoms with Crippen molar-refractivity contribution in [2.45, 2.75) is 25.7 Å². The van der Waals surface area contributed by atoms with Gasteiger partial charge in [0.05, 0.1) is 5.71 Å². The Labute approximate surface area is 166 Å². The average molecular weight is 381 g/mol. The second-order valence-electron chi connectivity index (χ2n) is 7.93. The maximum atomic E-state index is 13.1. The summed E-state index contributed by atoms with van der Waals surface area (Å²) in [4.78, 5) is 4.86. The van der Waals surface area contributed by atoms with E-state index in [1.165, 1.54) is 24.1 Å². The SMILES string of the molecule is O/N=C1\CC(CCCN2CCN(c3ccc(F)cc3)CC2)Cc2ccccc21. The van der Waals surface area contributed by atoms with Crippen molar-refractivity contribution in [2.24, 2.45) is 11.1 Å². The number of benzene rings is 2. The molecule has 1 N–H and O–H groups in total. The zero-order chi connectivity index (χ0) is 19.3. The standard InChI is InChI=1S/C23H28FN3O/c24-20-7-9-21(10-8-20)27-14-12-26(13-15-27)11-3-4-18-16-19-5-1-2-6-22(19)23(17-18)25-28/h1-2,5-10,18,28H,3-4,11-17H2/b25-23+. The van der Waals surface area contributed by atoms with E-state index in [1.807, 2.05) is 18.2 Å². The van der Waals surface area contributed by atoms with Gasteiger partial charge in [-0.15, -0.1) is 0 Å². The van der Waals surface area contributed by atoms with Gasteiger partial charge in [-0.2, -0.15) is 0 Å². The maximum absolute atomic E-state index is 13.1. The van der Waals surface area contributed by atoms with E-state index in [4.69, 9.17) is 0 Å². The minimum Gasteiger partial charge on any atom is -0.411 e. The molecule has 1 unspecified atom stereocenters. The highest BCUT2D eigenvalue weighted by Gasteiger charge is 2.24. The lowest BCUT2D eigenvalue weighted by Gasteiger charge is -2.36. The van der Waals surface area contributed by atoms with Crippen LogP contribution in [0.25, 0.3) is 0 Å². The highest BCUT2D eigenvalue weighted by Crippen LogP contribution is 2.29. The molecule has 0 radical (unpaired) electrons. The number of oxime groups is 1. The van der Waals surface area contributed by atoms with Crippen LogP contribution >= 0.6 is 0 Å². The van der Waals surface area contributed by atoms with Crippen LogP contribution in [0.15, 0.2) is 53.7 Å². The summed E-state index contributed by atoms with van der Waals surface area (Å²) in [6.45, 7) is 5.19. The Morgan fingerprint density at radius 3 is 2.46 bits per heavy atom. The first-order valence-electron chi connectivity index (χ1n) is 10.2. The summed E-state index contributed by atoms with van der Waals surface area (Å²) in [7, 11) is 0. The summed E-state index contributed by atoms with van der Waals surface area (Å²) in [5.41, 5.74) is 4.36. The monoisotopic (exact) mass is 381 g/mol. The minimum atomic E-state index is -0.179. The van der Waals surface area contributed by atoms with Gasteiger partial charge in [0.15, 0.2) is 0 Å². The predicted molar refractivity (Wildman–Crippen MR) is 111 cm³/mol. The maximum Gasteiger partial charge on any atom is 0.123 e. The highest BCUT2D eigenvalue weighted by atomic mass is 19.1. The topological polar surface area (TPSA) is 39.1 Å². The van der Waals surface area contributed by atoms with Crippen molar-refractivity contribution in [3.63, 3.8) is 0 Å². The smallest absolute Gasteiger partial charge is 0.123 e. The lowest BCUT2D eigenvalue weighted by molar-refractivity contribution is 0.246. The third kappa shape index (κ3) is 4.36. The van der Waals surface area contributed by atoms with Crippen LogP contribution in [0.4, 0.5) is 10.1 Å². The number of piperazine rings is 1. The van der Waals surface area contributed by atoms with Gasteiger partial charge in [-0.05, 0) is 68.0 Å². The van der Waals surface area contributed by atoms with E-state index in [1.54, 1.807) is 0 Å². The summed E-state index contributed by atoms with van der Waals surface area (Å²) in [5.74, 6) is 0.378. The molecule has 1 saturated heterocycles. The molecule has 0 aromatic heterocycles. The Kier molecular flexibility index (Phi) is 5.91. The summed E-state index contributed by atoms with van der Waals surface area (Å²) in [5, 5.41) is 12.9. The van der Waals surface area contributed by atoms with Crippen LogP contribution < -0.4 is 4.90 Å². The number of anilines is 1. The van der Waals surface area contributed by atoms with Crippen LogP contribution in [-0.2, 0) is 6.42 Å². The van der Waals surface area contributed by atoms with Gasteiger partial charge >= 0.3 is 0 Å². The van der Waals surface area contributed by atoms with Crippen LogP contribution in [0.2, 0.25) is 0 Å². The Morgan fingerprint density at radius 1 is 0.964 bits per heavy atom. The minimum absolute atomic E-state index is 0.179. The van der Waals surface area contributed by atoms with Crippen molar-refractivity contribution < 1.29 is 9.60 Å². The molecule has 0 bridgehead atoms. The van der Waals surface area contributed by atoms with Crippen molar-refractivity contribution in [3.05, 3.63) is 65.5 Å². The Balaban J connectivity index is 1.23. The number of halogens is 1. The first kappa shape index (κ1) is 18.9. The molecular formula is C23H28FN3O. The predicted octanol–water partition coefficient (Wildman–Crippen LogP) is 4.17. The molecule has 0 spiro atoms. The number of hydrogen-bond acceptors (Lipinski definition) is 4. The Hall–Kier alpha value is -2.40. The molecule has 0 saturated carbocycles. The van der Waals surface area contributed by atoms with Crippen LogP contribution in [0, 0.1) is 11.7 Å². The molecule has 2 aliphatic rings. The third-order valence-corrected chi connectivity index (χ3v) is 6.09. The zero-order valence-corrected chi connectivity index (χ0v) is 16.2. The van der Waals surface area contributed by atoms with Crippen molar-refractivity contribution in [3.8, 4) is 0 Å². The first-order valence-corrected chi connectivity index (χ1v) is 10.2. The number of nitrogens with zero attached hydrogens (tertiary/aromatic N) is 3. The van der Waals surface area contributed by atoms with Gasteiger partial charge in [0, 0.05) is 37.4 Å². The molecule has 148 valence electrons. The summed E-state index contributed by atoms with van der Waals surface area (Å²) < 4.78 is 13.1. The average Bonchev–Trinajstić information content (AvgIpc) is 2.74. The van der Waals surface area contributed by atoms with Gasteiger partial charge in [-0.25, -0.2) is 4.39 Å². The molecule has 4 rings (SSSR count). The zero-order valence-electron chi connectivity index (χ0n) is 16.2. The largest absolute Gasteiger partial charge is 0.411 e. The van der Waals surface area contributed by atoms with E-state index in [0.29, 0.717) is 5.92 Å². The molecule has 2 aromatic carbocycles. The Morgan fingerprint density at radius 2 is 1.71 bits per heavy atom. The summed E-state index contributed by atoms with van der Waals surface area (Å²) in [6, 6.07) is 15.1. The molecule has 1 fully saturated rings. The molecule has 1 heterocycles. The van der Waals surface area contributed by atoms with Gasteiger partial charge in [0.1, 0.15) is 5.82 Å². The van der Waals surface area contributed by atoms with Gasteiger partial charge in [0.25, 0.3) is 0 Å². The van der Waals surface area contributed by atoms with Crippen molar-refractivity contribution in [1.29, 1.82) is 0 Å². The molecule has 5 heteroatoms. The number of rotatable bonds is 5. The van der Waals surface area contributed by atoms with Crippen LogP contribution in [-0.4, -0.2) is 48.5 Å². The molecule has 4 nitrogen and oxygen atoms in total. The summed E-state index contributed by atoms with van der Waals surface area (Å²) in [6.07, 6.45) is 4.27. The van der Waals surface area contributed by atoms with E-state index < -0.39 is 0 Å². The lowest BCUT2D eigenvalue weighted by atomic mass is 9.80. The fourth-order valence-corrected chi connectivity index (χ4v) is 4.53. The summed E-state index contributed by atoms with van der Waals surface area (Å²) >= 11 is 0. The van der Waals surface area contributed by atoms with Crippen LogP contribution in [0.1, 0.15) is 30.4 Å². The molecular weight excluding hydrogens is 353 g/mol. The van der Waals surface area contributed by atoms with E-state index in [0.717, 1.165) is 68.9 Å². The van der Waals surface area contributed by atoms with E-state index in [-0.39, 0.29) is 5.82 Å². The first-order chi connectivity index (χ1) is 13.7. The third-order valence-electron chi connectivity index (χ3n) is 6.09. The fraction of sp³-hybridized carbons (Fsp3) is 0.435. The van der Waals surface area contributed by atoms with Crippen molar-refractivity contribution in [1.82, 2.24) is 4.90 Å². The molecule has 2 aromatic rings. The lowest BCUT2D eigenvalue weighted by Crippen LogP contribution is -2.46. The second kappa shape index (κ2) is 8.74. The second-order valence-corrected chi connectivity index (χ2v) is 7.93. The van der Waals surface area contributed by atoms with Gasteiger partial charge in [-0.1, -0.05) is 29.4 Å². The number of fused-ring (bicyclic) bond motifs is 1. The van der Waals surface area contributed by atoms with Crippen molar-refractivity contribution in [2.75, 3.05) is 37.6 Å². The quantitative estimate of drug-likeness (QED) is 0.624. The fourth-order valence-electron chi connectivity index (χ4n) is 4.53. The van der Waals surface area contributed by atoms with Crippen molar-refractivity contribution >= 4 is 11.4 Å². The number of hydrogen-bond donors (Lipinski definition) is 1. The molecule has 1 aliphatic heterocycles. The van der Waals surface area contributed by atoms with E-state index >= 15 is 0 Å². The van der Waals surface area contributed by atoms with Gasteiger partial charge in [-0.3, -0.25) is 4.90 Å². The van der Waals surface area contributed by atoms with Crippen LogP contribution in [0.5, 0.6) is 0 Å². The highest BCUT2D eigenvalue weighted by molar-refractivity contribution is 6.02. The van der Waals surface area contributed by atoms with Gasteiger partial charge in [0.2, 0.25) is 0 Å². The van der Waals surface area contributed by atoms with E-state index in [9.17, 15) is 9.60 Å². The molecule has 1 aliphatic carbocycles. The normalized spacial score (nSPS) is 21.7. The molecule has 0 amide bonds. The Bertz CT molecular complexity index is 813. The van der Waals surface area contributed by atoms with E-state index in [2.05, 4.69) is 33.2 Å². The molecule has 28 heavy (non-hydrogen) atoms.